The molecule has 3 nitrogen and oxygen atoms in total. The summed E-state index contributed by atoms with van der Waals surface area (Å²) in [6.07, 6.45) is 2.36. The van der Waals surface area contributed by atoms with E-state index in [1.165, 1.54) is 12.0 Å². The summed E-state index contributed by atoms with van der Waals surface area (Å²) >= 11 is 6.03. The van der Waals surface area contributed by atoms with Crippen LogP contribution in [0, 0.1) is 5.92 Å². The van der Waals surface area contributed by atoms with Gasteiger partial charge in [0.15, 0.2) is 0 Å². The molecule has 0 aromatic heterocycles. The first kappa shape index (κ1) is 14.8. The number of hydrogen-bond donors (Lipinski definition) is 1. The molecular weight excluding hydrogens is 260 g/mol. The van der Waals surface area contributed by atoms with Crippen molar-refractivity contribution in [2.45, 2.75) is 25.4 Å². The first-order chi connectivity index (χ1) is 9.20. The van der Waals surface area contributed by atoms with Crippen LogP contribution in [0.5, 0.6) is 0 Å². The molecule has 0 aliphatic carbocycles. The van der Waals surface area contributed by atoms with Gasteiger partial charge in [-0.05, 0) is 43.5 Å². The van der Waals surface area contributed by atoms with Gasteiger partial charge in [-0.25, -0.2) is 0 Å². The zero-order valence-corrected chi connectivity index (χ0v) is 12.3. The molecule has 1 heterocycles. The predicted molar refractivity (Wildman–Crippen MR) is 79.3 cm³/mol. The SMILES string of the molecule is CN(Cc1cccc(Cl)c1)C(CN)C1CCCOC1. The molecule has 0 bridgehead atoms. The van der Waals surface area contributed by atoms with Gasteiger partial charge < -0.3 is 10.5 Å². The smallest absolute Gasteiger partial charge is 0.0509 e. The van der Waals surface area contributed by atoms with Crippen molar-refractivity contribution in [3.05, 3.63) is 34.9 Å². The van der Waals surface area contributed by atoms with Crippen molar-refractivity contribution in [3.8, 4) is 0 Å². The molecule has 2 N–H and O–H groups in total. The summed E-state index contributed by atoms with van der Waals surface area (Å²) < 4.78 is 5.58. The zero-order chi connectivity index (χ0) is 13.7. The highest BCUT2D eigenvalue weighted by Crippen LogP contribution is 2.22. The van der Waals surface area contributed by atoms with Crippen molar-refractivity contribution in [1.82, 2.24) is 4.90 Å². The van der Waals surface area contributed by atoms with E-state index in [0.717, 1.165) is 31.2 Å². The quantitative estimate of drug-likeness (QED) is 0.902. The fourth-order valence-electron chi connectivity index (χ4n) is 2.84. The van der Waals surface area contributed by atoms with Gasteiger partial charge >= 0.3 is 0 Å². The molecule has 1 aromatic carbocycles. The van der Waals surface area contributed by atoms with Crippen molar-refractivity contribution in [1.29, 1.82) is 0 Å². The molecule has 0 saturated carbocycles. The summed E-state index contributed by atoms with van der Waals surface area (Å²) in [5.74, 6) is 0.544. The first-order valence-electron chi connectivity index (χ1n) is 6.93. The number of ether oxygens (including phenoxy) is 1. The van der Waals surface area contributed by atoms with Gasteiger partial charge in [-0.15, -0.1) is 0 Å². The molecule has 2 rings (SSSR count). The Kier molecular flexibility index (Phi) is 5.64. The van der Waals surface area contributed by atoms with E-state index in [1.54, 1.807) is 0 Å². The highest BCUT2D eigenvalue weighted by Gasteiger charge is 2.26. The summed E-state index contributed by atoms with van der Waals surface area (Å²) in [5.41, 5.74) is 7.19. The largest absolute Gasteiger partial charge is 0.381 e. The second-order valence-corrected chi connectivity index (χ2v) is 5.76. The maximum Gasteiger partial charge on any atom is 0.0509 e. The van der Waals surface area contributed by atoms with Gasteiger partial charge in [-0.3, -0.25) is 4.90 Å². The molecule has 19 heavy (non-hydrogen) atoms. The Morgan fingerprint density at radius 1 is 1.53 bits per heavy atom. The van der Waals surface area contributed by atoms with E-state index < -0.39 is 0 Å². The number of hydrogen-bond acceptors (Lipinski definition) is 3. The Balaban J connectivity index is 1.97. The van der Waals surface area contributed by atoms with E-state index in [1.807, 2.05) is 18.2 Å². The molecule has 0 spiro atoms. The summed E-state index contributed by atoms with van der Waals surface area (Å²) in [7, 11) is 2.13. The summed E-state index contributed by atoms with van der Waals surface area (Å²) in [6, 6.07) is 8.39. The maximum atomic E-state index is 6.03. The Bertz CT molecular complexity index is 393. The van der Waals surface area contributed by atoms with Gasteiger partial charge in [-0.1, -0.05) is 23.7 Å². The van der Waals surface area contributed by atoms with E-state index in [9.17, 15) is 0 Å². The fraction of sp³-hybridized carbons (Fsp3) is 0.600. The molecular formula is C15H23ClN2O. The standard InChI is InChI=1S/C15H23ClN2O/c1-18(10-12-4-2-6-14(16)8-12)15(9-17)13-5-3-7-19-11-13/h2,4,6,8,13,15H,3,5,7,9-11,17H2,1H3. The van der Waals surface area contributed by atoms with Crippen LogP contribution in [0.3, 0.4) is 0 Å². The minimum atomic E-state index is 0.374. The van der Waals surface area contributed by atoms with E-state index >= 15 is 0 Å². The third-order valence-corrected chi connectivity index (χ3v) is 4.10. The highest BCUT2D eigenvalue weighted by molar-refractivity contribution is 6.30. The fourth-order valence-corrected chi connectivity index (χ4v) is 3.05. The maximum absolute atomic E-state index is 6.03. The molecule has 0 amide bonds. The molecule has 1 saturated heterocycles. The van der Waals surface area contributed by atoms with Crippen molar-refractivity contribution in [2.75, 3.05) is 26.8 Å². The Labute approximate surface area is 120 Å². The number of benzene rings is 1. The molecule has 2 atom stereocenters. The van der Waals surface area contributed by atoms with Gasteiger partial charge in [0.05, 0.1) is 6.61 Å². The number of nitrogens with two attached hydrogens (primary N) is 1. The number of halogens is 1. The van der Waals surface area contributed by atoms with Crippen LogP contribution in [0.1, 0.15) is 18.4 Å². The lowest BCUT2D eigenvalue weighted by molar-refractivity contribution is 0.0156. The van der Waals surface area contributed by atoms with Crippen molar-refractivity contribution in [3.63, 3.8) is 0 Å². The summed E-state index contributed by atoms with van der Waals surface area (Å²) in [4.78, 5) is 2.32. The molecule has 1 aliphatic rings. The number of likely N-dealkylation sites (N-methyl/N-ethyl adjacent to an activating group) is 1. The number of rotatable bonds is 5. The Morgan fingerprint density at radius 2 is 2.37 bits per heavy atom. The molecule has 1 aromatic rings. The Morgan fingerprint density at radius 3 is 3.00 bits per heavy atom. The number of nitrogens with zero attached hydrogens (tertiary/aromatic N) is 1. The lowest BCUT2D eigenvalue weighted by Gasteiger charge is -2.36. The van der Waals surface area contributed by atoms with Crippen LogP contribution < -0.4 is 5.73 Å². The van der Waals surface area contributed by atoms with Crippen LogP contribution in [0.4, 0.5) is 0 Å². The van der Waals surface area contributed by atoms with E-state index in [4.69, 9.17) is 22.1 Å². The molecule has 1 fully saturated rings. The van der Waals surface area contributed by atoms with Gasteiger partial charge in [0, 0.05) is 30.8 Å². The topological polar surface area (TPSA) is 38.5 Å². The van der Waals surface area contributed by atoms with Crippen molar-refractivity contribution in [2.24, 2.45) is 11.7 Å². The highest BCUT2D eigenvalue weighted by atomic mass is 35.5. The zero-order valence-electron chi connectivity index (χ0n) is 11.5. The second-order valence-electron chi connectivity index (χ2n) is 5.33. The minimum absolute atomic E-state index is 0.374. The average Bonchev–Trinajstić information content (AvgIpc) is 2.41. The Hall–Kier alpha value is -0.610. The van der Waals surface area contributed by atoms with Crippen LogP contribution in [0.25, 0.3) is 0 Å². The van der Waals surface area contributed by atoms with Gasteiger partial charge in [0.2, 0.25) is 0 Å². The lowest BCUT2D eigenvalue weighted by Crippen LogP contribution is -2.45. The third kappa shape index (κ3) is 4.18. The van der Waals surface area contributed by atoms with Crippen LogP contribution in [0.2, 0.25) is 5.02 Å². The van der Waals surface area contributed by atoms with Crippen LogP contribution in [-0.2, 0) is 11.3 Å². The third-order valence-electron chi connectivity index (χ3n) is 3.87. The van der Waals surface area contributed by atoms with Crippen LogP contribution >= 0.6 is 11.6 Å². The minimum Gasteiger partial charge on any atom is -0.381 e. The van der Waals surface area contributed by atoms with Gasteiger partial charge in [0.1, 0.15) is 0 Å². The van der Waals surface area contributed by atoms with E-state index in [-0.39, 0.29) is 0 Å². The van der Waals surface area contributed by atoms with Gasteiger partial charge in [0.25, 0.3) is 0 Å². The average molecular weight is 283 g/mol. The van der Waals surface area contributed by atoms with E-state index in [0.29, 0.717) is 18.5 Å². The van der Waals surface area contributed by atoms with Crippen LogP contribution in [-0.4, -0.2) is 37.7 Å². The molecule has 106 valence electrons. The lowest BCUT2D eigenvalue weighted by atomic mass is 9.92. The molecule has 1 aliphatic heterocycles. The summed E-state index contributed by atoms with van der Waals surface area (Å²) in [5, 5.41) is 0.788. The molecule has 0 radical (unpaired) electrons. The normalized spacial score (nSPS) is 21.6. The molecule has 4 heteroatoms. The monoisotopic (exact) mass is 282 g/mol. The van der Waals surface area contributed by atoms with Crippen LogP contribution in [0.15, 0.2) is 24.3 Å². The summed E-state index contributed by atoms with van der Waals surface area (Å²) in [6.45, 7) is 3.28. The molecule has 2 unspecified atom stereocenters. The predicted octanol–water partition coefficient (Wildman–Crippen LogP) is 2.53. The second kappa shape index (κ2) is 7.25. The first-order valence-corrected chi connectivity index (χ1v) is 7.31. The van der Waals surface area contributed by atoms with Crippen molar-refractivity contribution >= 4 is 11.6 Å². The van der Waals surface area contributed by atoms with Crippen molar-refractivity contribution < 1.29 is 4.74 Å². The van der Waals surface area contributed by atoms with Gasteiger partial charge in [-0.2, -0.15) is 0 Å². The van der Waals surface area contributed by atoms with E-state index in [2.05, 4.69) is 18.0 Å².